The molecule has 3 rings (SSSR count). The summed E-state index contributed by atoms with van der Waals surface area (Å²) in [5, 5.41) is 5.55. The smallest absolute Gasteiger partial charge is 0.274 e. The Hall–Kier alpha value is -3.55. The van der Waals surface area contributed by atoms with Gasteiger partial charge in [0.1, 0.15) is 23.6 Å². The standard InChI is InChI=1S/C20H18F2N4O2/c1-12(2)28-18-6-4-3-5-16(18)26-19-10-17(23-11-24-19)20(27)25-13-7-8-14(21)15(22)9-13/h3-12H,1-2H3,(H,25,27)(H,23,24,26). The maximum Gasteiger partial charge on any atom is 0.274 e. The quantitative estimate of drug-likeness (QED) is 0.653. The molecule has 0 aliphatic rings. The molecule has 0 aliphatic heterocycles. The van der Waals surface area contributed by atoms with E-state index in [0.717, 1.165) is 12.1 Å². The van der Waals surface area contributed by atoms with Crippen LogP contribution in [-0.4, -0.2) is 22.0 Å². The van der Waals surface area contributed by atoms with Gasteiger partial charge in [-0.1, -0.05) is 12.1 Å². The molecule has 8 heteroatoms. The first-order chi connectivity index (χ1) is 13.4. The molecule has 1 amide bonds. The van der Waals surface area contributed by atoms with Gasteiger partial charge in [0.05, 0.1) is 11.8 Å². The topological polar surface area (TPSA) is 76.1 Å². The molecule has 2 N–H and O–H groups in total. The summed E-state index contributed by atoms with van der Waals surface area (Å²) in [5.74, 6) is -1.60. The van der Waals surface area contributed by atoms with E-state index in [-0.39, 0.29) is 17.5 Å². The molecule has 0 atom stereocenters. The lowest BCUT2D eigenvalue weighted by atomic mass is 10.2. The highest BCUT2D eigenvalue weighted by Gasteiger charge is 2.12. The normalized spacial score (nSPS) is 10.6. The van der Waals surface area contributed by atoms with Gasteiger partial charge in [0.25, 0.3) is 5.91 Å². The van der Waals surface area contributed by atoms with Crippen LogP contribution in [0, 0.1) is 11.6 Å². The predicted octanol–water partition coefficient (Wildman–Crippen LogP) is 4.54. The van der Waals surface area contributed by atoms with Crippen molar-refractivity contribution in [2.45, 2.75) is 20.0 Å². The third-order valence-corrected chi connectivity index (χ3v) is 3.59. The molecule has 1 aromatic heterocycles. The Bertz CT molecular complexity index is 995. The summed E-state index contributed by atoms with van der Waals surface area (Å²) in [5.41, 5.74) is 0.860. The van der Waals surface area contributed by atoms with Gasteiger partial charge in [-0.3, -0.25) is 4.79 Å². The molecule has 1 heterocycles. The van der Waals surface area contributed by atoms with Crippen molar-refractivity contribution in [2.75, 3.05) is 10.6 Å². The third kappa shape index (κ3) is 4.79. The number of ether oxygens (including phenoxy) is 1. The number of amides is 1. The molecule has 0 unspecified atom stereocenters. The average Bonchev–Trinajstić information content (AvgIpc) is 2.66. The van der Waals surface area contributed by atoms with Crippen molar-refractivity contribution in [3.63, 3.8) is 0 Å². The van der Waals surface area contributed by atoms with Crippen LogP contribution >= 0.6 is 0 Å². The number of anilines is 3. The number of para-hydroxylation sites is 2. The fraction of sp³-hybridized carbons (Fsp3) is 0.150. The summed E-state index contributed by atoms with van der Waals surface area (Å²) < 4.78 is 32.0. The van der Waals surface area contributed by atoms with E-state index >= 15 is 0 Å². The fourth-order valence-electron chi connectivity index (χ4n) is 2.38. The molecule has 2 aromatic carbocycles. The largest absolute Gasteiger partial charge is 0.489 e. The van der Waals surface area contributed by atoms with Gasteiger partial charge in [-0.25, -0.2) is 18.7 Å². The molecule has 0 radical (unpaired) electrons. The number of hydrogen-bond acceptors (Lipinski definition) is 5. The number of nitrogens with one attached hydrogen (secondary N) is 2. The van der Waals surface area contributed by atoms with Crippen molar-refractivity contribution in [2.24, 2.45) is 0 Å². The molecule has 0 saturated heterocycles. The zero-order chi connectivity index (χ0) is 20.1. The summed E-state index contributed by atoms with van der Waals surface area (Å²) >= 11 is 0. The average molecular weight is 384 g/mol. The first-order valence-corrected chi connectivity index (χ1v) is 8.53. The molecule has 0 spiro atoms. The molecule has 6 nitrogen and oxygen atoms in total. The van der Waals surface area contributed by atoms with E-state index in [1.54, 1.807) is 0 Å². The second kappa shape index (κ2) is 8.43. The van der Waals surface area contributed by atoms with E-state index in [1.807, 2.05) is 38.1 Å². The van der Waals surface area contributed by atoms with Crippen molar-refractivity contribution in [1.82, 2.24) is 9.97 Å². The summed E-state index contributed by atoms with van der Waals surface area (Å²) in [7, 11) is 0. The molecular formula is C20H18F2N4O2. The van der Waals surface area contributed by atoms with Crippen LogP contribution in [0.15, 0.2) is 54.9 Å². The van der Waals surface area contributed by atoms with Crippen molar-refractivity contribution >= 4 is 23.1 Å². The summed E-state index contributed by atoms with van der Waals surface area (Å²) in [6.45, 7) is 3.84. The highest BCUT2D eigenvalue weighted by Crippen LogP contribution is 2.27. The molecule has 0 saturated carbocycles. The summed E-state index contributed by atoms with van der Waals surface area (Å²) in [6.07, 6.45) is 1.22. The number of halogens is 2. The van der Waals surface area contributed by atoms with E-state index in [1.165, 1.54) is 18.5 Å². The number of carbonyl (C=O) groups is 1. The lowest BCUT2D eigenvalue weighted by Gasteiger charge is -2.15. The molecule has 3 aromatic rings. The van der Waals surface area contributed by atoms with Crippen LogP contribution in [0.25, 0.3) is 0 Å². The van der Waals surface area contributed by atoms with Crippen LogP contribution in [0.3, 0.4) is 0 Å². The Balaban J connectivity index is 1.77. The number of rotatable bonds is 6. The minimum absolute atomic E-state index is 0.00853. The Morgan fingerprint density at radius 1 is 1.04 bits per heavy atom. The zero-order valence-electron chi connectivity index (χ0n) is 15.2. The van der Waals surface area contributed by atoms with Gasteiger partial charge in [-0.15, -0.1) is 0 Å². The van der Waals surface area contributed by atoms with Gasteiger partial charge in [-0.05, 0) is 38.1 Å². The lowest BCUT2D eigenvalue weighted by Crippen LogP contribution is -2.14. The molecule has 0 aliphatic carbocycles. The van der Waals surface area contributed by atoms with E-state index in [9.17, 15) is 13.6 Å². The van der Waals surface area contributed by atoms with E-state index in [0.29, 0.717) is 17.3 Å². The maximum absolute atomic E-state index is 13.3. The third-order valence-electron chi connectivity index (χ3n) is 3.59. The van der Waals surface area contributed by atoms with E-state index in [2.05, 4.69) is 20.6 Å². The zero-order valence-corrected chi connectivity index (χ0v) is 15.2. The number of aromatic nitrogens is 2. The number of benzene rings is 2. The number of hydrogen-bond donors (Lipinski definition) is 2. The molecule has 28 heavy (non-hydrogen) atoms. The summed E-state index contributed by atoms with van der Waals surface area (Å²) in [6, 6.07) is 11.9. The number of nitrogens with zero attached hydrogens (tertiary/aromatic N) is 2. The Labute approximate surface area is 160 Å². The SMILES string of the molecule is CC(C)Oc1ccccc1Nc1cc(C(=O)Nc2ccc(F)c(F)c2)ncn1. The molecule has 0 fully saturated rings. The van der Waals surface area contributed by atoms with Crippen molar-refractivity contribution < 1.29 is 18.3 Å². The van der Waals surface area contributed by atoms with Gasteiger partial charge in [0, 0.05) is 17.8 Å². The van der Waals surface area contributed by atoms with Gasteiger partial charge in [0.2, 0.25) is 0 Å². The van der Waals surface area contributed by atoms with Crippen LogP contribution < -0.4 is 15.4 Å². The highest BCUT2D eigenvalue weighted by atomic mass is 19.2. The summed E-state index contributed by atoms with van der Waals surface area (Å²) in [4.78, 5) is 20.4. The molecule has 0 bridgehead atoms. The van der Waals surface area contributed by atoms with Crippen LogP contribution in [0.1, 0.15) is 24.3 Å². The molecule has 144 valence electrons. The Kier molecular flexibility index (Phi) is 5.78. The minimum Gasteiger partial charge on any atom is -0.489 e. The van der Waals surface area contributed by atoms with Crippen molar-refractivity contribution in [1.29, 1.82) is 0 Å². The highest BCUT2D eigenvalue weighted by molar-refractivity contribution is 6.03. The van der Waals surface area contributed by atoms with Crippen LogP contribution in [0.2, 0.25) is 0 Å². The second-order valence-corrected chi connectivity index (χ2v) is 6.16. The van der Waals surface area contributed by atoms with Gasteiger partial charge in [0.15, 0.2) is 11.6 Å². The van der Waals surface area contributed by atoms with E-state index in [4.69, 9.17) is 4.74 Å². The van der Waals surface area contributed by atoms with Crippen LogP contribution in [0.4, 0.5) is 26.0 Å². The minimum atomic E-state index is -1.05. The van der Waals surface area contributed by atoms with Crippen LogP contribution in [-0.2, 0) is 0 Å². The van der Waals surface area contributed by atoms with Crippen molar-refractivity contribution in [3.8, 4) is 5.75 Å². The van der Waals surface area contributed by atoms with Gasteiger partial charge in [-0.2, -0.15) is 0 Å². The fourth-order valence-corrected chi connectivity index (χ4v) is 2.38. The monoisotopic (exact) mass is 384 g/mol. The lowest BCUT2D eigenvalue weighted by molar-refractivity contribution is 0.102. The first-order valence-electron chi connectivity index (χ1n) is 8.53. The van der Waals surface area contributed by atoms with Crippen molar-refractivity contribution in [3.05, 3.63) is 72.2 Å². The van der Waals surface area contributed by atoms with Crippen LogP contribution in [0.5, 0.6) is 5.75 Å². The van der Waals surface area contributed by atoms with Gasteiger partial charge < -0.3 is 15.4 Å². The maximum atomic E-state index is 13.3. The predicted molar refractivity (Wildman–Crippen MR) is 102 cm³/mol. The molecular weight excluding hydrogens is 366 g/mol. The second-order valence-electron chi connectivity index (χ2n) is 6.16. The first kappa shape index (κ1) is 19.2. The van der Waals surface area contributed by atoms with E-state index < -0.39 is 17.5 Å². The Morgan fingerprint density at radius 2 is 1.82 bits per heavy atom. The Morgan fingerprint density at radius 3 is 2.57 bits per heavy atom. The van der Waals surface area contributed by atoms with Gasteiger partial charge >= 0.3 is 0 Å². The number of carbonyl (C=O) groups excluding carboxylic acids is 1.